The number of carbonyl (C=O) groups is 1. The van der Waals surface area contributed by atoms with E-state index in [1.807, 2.05) is 30.3 Å². The summed E-state index contributed by atoms with van der Waals surface area (Å²) in [5.74, 6) is -0.447. The summed E-state index contributed by atoms with van der Waals surface area (Å²) in [6.45, 7) is 0. The second kappa shape index (κ2) is 6.16. The quantitative estimate of drug-likeness (QED) is 0.605. The third-order valence-corrected chi connectivity index (χ3v) is 3.85. The van der Waals surface area contributed by atoms with Crippen LogP contribution >= 0.6 is 27.7 Å². The van der Waals surface area contributed by atoms with Crippen LogP contribution in [0.3, 0.4) is 0 Å². The maximum Gasteiger partial charge on any atom is 0.176 e. The van der Waals surface area contributed by atoms with Gasteiger partial charge in [-0.15, -0.1) is 11.8 Å². The first kappa shape index (κ1) is 13.3. The average Bonchev–Trinajstić information content (AvgIpc) is 2.40. The topological polar surface area (TPSA) is 17.1 Å². The molecule has 1 nitrogen and oxygen atoms in total. The first-order valence-corrected chi connectivity index (χ1v) is 7.11. The second-order valence-electron chi connectivity index (χ2n) is 3.65. The Labute approximate surface area is 118 Å². The minimum atomic E-state index is -0.475. The molecule has 0 aromatic heterocycles. The number of halogens is 2. The van der Waals surface area contributed by atoms with Gasteiger partial charge in [0, 0.05) is 9.37 Å². The Morgan fingerprint density at radius 1 is 1.17 bits per heavy atom. The molecule has 0 N–H and O–H groups in total. The standard InChI is InChI=1S/C14H10BrFOS/c15-10-6-7-13(16)12(8-10)14(17)9-18-11-4-2-1-3-5-11/h1-8H,9H2. The summed E-state index contributed by atoms with van der Waals surface area (Å²) >= 11 is 4.64. The Bertz CT molecular complexity index is 557. The van der Waals surface area contributed by atoms with Gasteiger partial charge in [-0.1, -0.05) is 34.1 Å². The van der Waals surface area contributed by atoms with E-state index in [4.69, 9.17) is 0 Å². The van der Waals surface area contributed by atoms with E-state index in [1.165, 1.54) is 23.9 Å². The van der Waals surface area contributed by atoms with E-state index in [2.05, 4.69) is 15.9 Å². The van der Waals surface area contributed by atoms with E-state index >= 15 is 0 Å². The van der Waals surface area contributed by atoms with Crippen molar-refractivity contribution in [3.63, 3.8) is 0 Å². The molecule has 18 heavy (non-hydrogen) atoms. The molecule has 2 aromatic carbocycles. The molecule has 92 valence electrons. The van der Waals surface area contributed by atoms with Crippen molar-refractivity contribution in [1.82, 2.24) is 0 Å². The van der Waals surface area contributed by atoms with Crippen molar-refractivity contribution >= 4 is 33.5 Å². The van der Waals surface area contributed by atoms with Crippen molar-refractivity contribution < 1.29 is 9.18 Å². The van der Waals surface area contributed by atoms with Crippen LogP contribution in [-0.2, 0) is 0 Å². The van der Waals surface area contributed by atoms with Crippen LogP contribution in [0.2, 0.25) is 0 Å². The normalized spacial score (nSPS) is 10.3. The van der Waals surface area contributed by atoms with Crippen molar-refractivity contribution in [1.29, 1.82) is 0 Å². The Hall–Kier alpha value is -1.13. The summed E-state index contributed by atoms with van der Waals surface area (Å²) in [6.07, 6.45) is 0. The lowest BCUT2D eigenvalue weighted by molar-refractivity contribution is 0.101. The minimum absolute atomic E-state index is 0.132. The predicted molar refractivity (Wildman–Crippen MR) is 75.6 cm³/mol. The van der Waals surface area contributed by atoms with Gasteiger partial charge in [0.05, 0.1) is 11.3 Å². The summed E-state index contributed by atoms with van der Waals surface area (Å²) in [7, 11) is 0. The molecule has 0 aliphatic heterocycles. The molecular formula is C14H10BrFOS. The van der Waals surface area contributed by atoms with Gasteiger partial charge in [-0.2, -0.15) is 0 Å². The van der Waals surface area contributed by atoms with Crippen molar-refractivity contribution in [3.8, 4) is 0 Å². The van der Waals surface area contributed by atoms with Gasteiger partial charge >= 0.3 is 0 Å². The Morgan fingerprint density at radius 2 is 1.89 bits per heavy atom. The molecule has 0 radical (unpaired) electrons. The number of rotatable bonds is 4. The highest BCUT2D eigenvalue weighted by atomic mass is 79.9. The van der Waals surface area contributed by atoms with Crippen LogP contribution in [0.15, 0.2) is 57.9 Å². The lowest BCUT2D eigenvalue weighted by Crippen LogP contribution is -2.05. The van der Waals surface area contributed by atoms with Gasteiger partial charge in [0.2, 0.25) is 0 Å². The summed E-state index contributed by atoms with van der Waals surface area (Å²) in [4.78, 5) is 12.9. The molecule has 0 bridgehead atoms. The van der Waals surface area contributed by atoms with Gasteiger partial charge in [-0.05, 0) is 30.3 Å². The van der Waals surface area contributed by atoms with Gasteiger partial charge in [0.25, 0.3) is 0 Å². The smallest absolute Gasteiger partial charge is 0.176 e. The van der Waals surface area contributed by atoms with Crippen LogP contribution in [0.1, 0.15) is 10.4 Å². The molecule has 2 rings (SSSR count). The fourth-order valence-electron chi connectivity index (χ4n) is 1.45. The summed E-state index contributed by atoms with van der Waals surface area (Å²) < 4.78 is 14.2. The molecule has 2 aromatic rings. The molecule has 0 unspecified atom stereocenters. The molecule has 0 atom stereocenters. The van der Waals surface area contributed by atoms with E-state index in [9.17, 15) is 9.18 Å². The monoisotopic (exact) mass is 324 g/mol. The molecule has 0 fully saturated rings. The largest absolute Gasteiger partial charge is 0.293 e. The maximum atomic E-state index is 13.5. The third-order valence-electron chi connectivity index (χ3n) is 2.34. The lowest BCUT2D eigenvalue weighted by Gasteiger charge is -2.03. The van der Waals surface area contributed by atoms with Crippen LogP contribution in [0, 0.1) is 5.82 Å². The lowest BCUT2D eigenvalue weighted by atomic mass is 10.1. The zero-order chi connectivity index (χ0) is 13.0. The first-order valence-electron chi connectivity index (χ1n) is 5.33. The Kier molecular flexibility index (Phi) is 4.55. The van der Waals surface area contributed by atoms with E-state index in [0.717, 1.165) is 4.90 Å². The number of benzene rings is 2. The number of thioether (sulfide) groups is 1. The van der Waals surface area contributed by atoms with Crippen molar-refractivity contribution in [2.75, 3.05) is 5.75 Å². The molecule has 0 heterocycles. The third kappa shape index (κ3) is 3.43. The zero-order valence-electron chi connectivity index (χ0n) is 9.40. The summed E-state index contributed by atoms with van der Waals surface area (Å²) in [5.41, 5.74) is 0.132. The van der Waals surface area contributed by atoms with Crippen LogP contribution < -0.4 is 0 Å². The van der Waals surface area contributed by atoms with Crippen LogP contribution in [0.5, 0.6) is 0 Å². The number of hydrogen-bond acceptors (Lipinski definition) is 2. The molecular weight excluding hydrogens is 315 g/mol. The van der Waals surface area contributed by atoms with E-state index in [1.54, 1.807) is 6.07 Å². The van der Waals surface area contributed by atoms with E-state index < -0.39 is 5.82 Å². The summed E-state index contributed by atoms with van der Waals surface area (Å²) in [6, 6.07) is 14.0. The van der Waals surface area contributed by atoms with Gasteiger partial charge in [-0.3, -0.25) is 4.79 Å². The zero-order valence-corrected chi connectivity index (χ0v) is 11.8. The van der Waals surface area contributed by atoms with Gasteiger partial charge in [0.15, 0.2) is 5.78 Å². The van der Waals surface area contributed by atoms with E-state index in [-0.39, 0.29) is 17.1 Å². The van der Waals surface area contributed by atoms with Crippen LogP contribution in [0.25, 0.3) is 0 Å². The molecule has 4 heteroatoms. The predicted octanol–water partition coefficient (Wildman–Crippen LogP) is 4.56. The molecule has 0 aliphatic rings. The van der Waals surface area contributed by atoms with Crippen molar-refractivity contribution in [2.24, 2.45) is 0 Å². The highest BCUT2D eigenvalue weighted by Gasteiger charge is 2.12. The van der Waals surface area contributed by atoms with Crippen LogP contribution in [0.4, 0.5) is 4.39 Å². The van der Waals surface area contributed by atoms with Gasteiger partial charge in [-0.25, -0.2) is 4.39 Å². The Balaban J connectivity index is 2.06. The SMILES string of the molecule is O=C(CSc1ccccc1)c1cc(Br)ccc1F. The molecule has 0 saturated carbocycles. The maximum absolute atomic E-state index is 13.5. The van der Waals surface area contributed by atoms with Crippen molar-refractivity contribution in [2.45, 2.75) is 4.90 Å². The molecule has 0 saturated heterocycles. The average molecular weight is 325 g/mol. The second-order valence-corrected chi connectivity index (χ2v) is 5.61. The number of Topliss-reactive ketones (excluding diaryl/α,β-unsaturated/α-hetero) is 1. The van der Waals surface area contributed by atoms with Crippen molar-refractivity contribution in [3.05, 3.63) is 64.4 Å². The number of hydrogen-bond donors (Lipinski definition) is 0. The number of ketones is 1. The first-order chi connectivity index (χ1) is 8.66. The minimum Gasteiger partial charge on any atom is -0.293 e. The fraction of sp³-hybridized carbons (Fsp3) is 0.0714. The van der Waals surface area contributed by atoms with Crippen LogP contribution in [-0.4, -0.2) is 11.5 Å². The Morgan fingerprint density at radius 3 is 2.61 bits per heavy atom. The van der Waals surface area contributed by atoms with Gasteiger partial charge < -0.3 is 0 Å². The summed E-state index contributed by atoms with van der Waals surface area (Å²) in [5, 5.41) is 0. The fourth-order valence-corrected chi connectivity index (χ4v) is 2.62. The molecule has 0 aliphatic carbocycles. The molecule has 0 amide bonds. The highest BCUT2D eigenvalue weighted by Crippen LogP contribution is 2.21. The molecule has 0 spiro atoms. The van der Waals surface area contributed by atoms with E-state index in [0.29, 0.717) is 4.47 Å². The van der Waals surface area contributed by atoms with Gasteiger partial charge in [0.1, 0.15) is 5.82 Å². The highest BCUT2D eigenvalue weighted by molar-refractivity contribution is 9.10. The number of carbonyl (C=O) groups excluding carboxylic acids is 1.